The Kier molecular flexibility index (Phi) is 5.03. The minimum atomic E-state index is -0.449. The normalized spacial score (nSPS) is 15.8. The van der Waals surface area contributed by atoms with Gasteiger partial charge >= 0.3 is 6.09 Å². The molecule has 1 aliphatic heterocycles. The van der Waals surface area contributed by atoms with Crippen molar-refractivity contribution < 1.29 is 9.53 Å². The number of benzene rings is 1. The van der Waals surface area contributed by atoms with Gasteiger partial charge in [0.1, 0.15) is 0 Å². The number of hydrogen-bond acceptors (Lipinski definition) is 4. The molecule has 1 aliphatic rings. The van der Waals surface area contributed by atoms with E-state index in [9.17, 15) is 4.79 Å². The first-order valence-electron chi connectivity index (χ1n) is 6.67. The third-order valence-corrected chi connectivity index (χ3v) is 3.37. The zero-order valence-corrected chi connectivity index (χ0v) is 11.2. The Hall–Kier alpha value is -1.75. The maximum Gasteiger partial charge on any atom is 0.411 e. The van der Waals surface area contributed by atoms with Gasteiger partial charge in [-0.15, -0.1) is 0 Å². The number of carbonyl (C=O) groups is 1. The van der Waals surface area contributed by atoms with Crippen molar-refractivity contribution in [3.05, 3.63) is 24.3 Å². The molecule has 19 heavy (non-hydrogen) atoms. The van der Waals surface area contributed by atoms with Crippen molar-refractivity contribution in [1.29, 1.82) is 0 Å². The van der Waals surface area contributed by atoms with Crippen LogP contribution < -0.4 is 16.0 Å². The van der Waals surface area contributed by atoms with Crippen LogP contribution in [-0.4, -0.2) is 32.8 Å². The Bertz CT molecular complexity index is 400. The van der Waals surface area contributed by atoms with Crippen LogP contribution in [-0.2, 0) is 4.74 Å². The zero-order chi connectivity index (χ0) is 13.5. The molecule has 1 amide bonds. The number of ether oxygens (including phenoxy) is 1. The number of anilines is 2. The molecular formula is C14H21N3O2. The van der Waals surface area contributed by atoms with Gasteiger partial charge in [-0.25, -0.2) is 4.79 Å². The van der Waals surface area contributed by atoms with Gasteiger partial charge in [-0.1, -0.05) is 0 Å². The maximum atomic E-state index is 11.0. The number of amides is 1. The SMILES string of the molecule is COC(=O)Nc1ccc(NCC2CCNCC2)cc1. The molecule has 0 saturated carbocycles. The van der Waals surface area contributed by atoms with Crippen LogP contribution in [0.15, 0.2) is 24.3 Å². The summed E-state index contributed by atoms with van der Waals surface area (Å²) >= 11 is 0. The second-order valence-electron chi connectivity index (χ2n) is 4.77. The minimum absolute atomic E-state index is 0.449. The van der Waals surface area contributed by atoms with Crippen LogP contribution in [0.5, 0.6) is 0 Å². The number of carbonyl (C=O) groups excluding carboxylic acids is 1. The second kappa shape index (κ2) is 6.99. The van der Waals surface area contributed by atoms with E-state index in [4.69, 9.17) is 0 Å². The van der Waals surface area contributed by atoms with E-state index in [-0.39, 0.29) is 0 Å². The van der Waals surface area contributed by atoms with Gasteiger partial charge in [0.2, 0.25) is 0 Å². The lowest BCUT2D eigenvalue weighted by Gasteiger charge is -2.23. The largest absolute Gasteiger partial charge is 0.453 e. The first-order valence-corrected chi connectivity index (χ1v) is 6.67. The van der Waals surface area contributed by atoms with Gasteiger partial charge in [-0.2, -0.15) is 0 Å². The number of piperidine rings is 1. The number of rotatable bonds is 4. The molecule has 0 bridgehead atoms. The highest BCUT2D eigenvalue weighted by atomic mass is 16.5. The molecule has 0 aromatic heterocycles. The Morgan fingerprint density at radius 1 is 1.26 bits per heavy atom. The fourth-order valence-corrected chi connectivity index (χ4v) is 2.19. The third kappa shape index (κ3) is 4.44. The molecule has 0 spiro atoms. The van der Waals surface area contributed by atoms with E-state index in [0.717, 1.165) is 36.9 Å². The summed E-state index contributed by atoms with van der Waals surface area (Å²) in [7, 11) is 1.35. The van der Waals surface area contributed by atoms with E-state index < -0.39 is 6.09 Å². The average Bonchev–Trinajstić information content (AvgIpc) is 2.47. The van der Waals surface area contributed by atoms with Crippen LogP contribution in [0.3, 0.4) is 0 Å². The molecule has 1 heterocycles. The number of methoxy groups -OCH3 is 1. The molecule has 0 unspecified atom stereocenters. The Balaban J connectivity index is 1.79. The first-order chi connectivity index (χ1) is 9.28. The van der Waals surface area contributed by atoms with E-state index in [0.29, 0.717) is 0 Å². The van der Waals surface area contributed by atoms with Crippen molar-refractivity contribution in [1.82, 2.24) is 5.32 Å². The third-order valence-electron chi connectivity index (χ3n) is 3.37. The average molecular weight is 263 g/mol. The Labute approximate surface area is 113 Å². The molecule has 1 saturated heterocycles. The molecule has 1 fully saturated rings. The molecule has 0 atom stereocenters. The summed E-state index contributed by atoms with van der Waals surface area (Å²) in [5, 5.41) is 9.43. The zero-order valence-electron chi connectivity index (χ0n) is 11.2. The Morgan fingerprint density at radius 2 is 1.89 bits per heavy atom. The van der Waals surface area contributed by atoms with Crippen LogP contribution in [0, 0.1) is 5.92 Å². The highest BCUT2D eigenvalue weighted by Gasteiger charge is 2.12. The van der Waals surface area contributed by atoms with Gasteiger partial charge in [0.15, 0.2) is 0 Å². The minimum Gasteiger partial charge on any atom is -0.453 e. The first kappa shape index (κ1) is 13.7. The molecule has 3 N–H and O–H groups in total. The quantitative estimate of drug-likeness (QED) is 0.780. The fraction of sp³-hybridized carbons (Fsp3) is 0.500. The topological polar surface area (TPSA) is 62.4 Å². The predicted molar refractivity (Wildman–Crippen MR) is 76.6 cm³/mol. The van der Waals surface area contributed by atoms with E-state index >= 15 is 0 Å². The van der Waals surface area contributed by atoms with Crippen molar-refractivity contribution in [2.45, 2.75) is 12.8 Å². The van der Waals surface area contributed by atoms with Gasteiger partial charge in [0.25, 0.3) is 0 Å². The van der Waals surface area contributed by atoms with Crippen LogP contribution >= 0.6 is 0 Å². The molecule has 2 rings (SSSR count). The lowest BCUT2D eigenvalue weighted by Crippen LogP contribution is -2.31. The van der Waals surface area contributed by atoms with E-state index in [1.807, 2.05) is 24.3 Å². The van der Waals surface area contributed by atoms with Crippen molar-refractivity contribution >= 4 is 17.5 Å². The van der Waals surface area contributed by atoms with Crippen molar-refractivity contribution in [2.24, 2.45) is 5.92 Å². The molecule has 0 radical (unpaired) electrons. The molecule has 104 valence electrons. The molecular weight excluding hydrogens is 242 g/mol. The van der Waals surface area contributed by atoms with Gasteiger partial charge in [-0.3, -0.25) is 5.32 Å². The summed E-state index contributed by atoms with van der Waals surface area (Å²) in [6.45, 7) is 3.24. The predicted octanol–water partition coefficient (Wildman–Crippen LogP) is 2.28. The lowest BCUT2D eigenvalue weighted by molar-refractivity contribution is 0.187. The molecule has 1 aromatic carbocycles. The van der Waals surface area contributed by atoms with Gasteiger partial charge in [0, 0.05) is 17.9 Å². The van der Waals surface area contributed by atoms with Crippen LogP contribution in [0.25, 0.3) is 0 Å². The monoisotopic (exact) mass is 263 g/mol. The molecule has 5 heteroatoms. The smallest absolute Gasteiger partial charge is 0.411 e. The van der Waals surface area contributed by atoms with Crippen molar-refractivity contribution in [2.75, 3.05) is 37.4 Å². The molecule has 1 aromatic rings. The maximum absolute atomic E-state index is 11.0. The van der Waals surface area contributed by atoms with Crippen LogP contribution in [0.1, 0.15) is 12.8 Å². The molecule has 0 aliphatic carbocycles. The van der Waals surface area contributed by atoms with Crippen LogP contribution in [0.2, 0.25) is 0 Å². The summed E-state index contributed by atoms with van der Waals surface area (Å²) in [6.07, 6.45) is 2.01. The van der Waals surface area contributed by atoms with E-state index in [2.05, 4.69) is 20.7 Å². The van der Waals surface area contributed by atoms with Crippen LogP contribution in [0.4, 0.5) is 16.2 Å². The Morgan fingerprint density at radius 3 is 2.53 bits per heavy atom. The number of hydrogen-bond donors (Lipinski definition) is 3. The van der Waals surface area contributed by atoms with Crippen molar-refractivity contribution in [3.8, 4) is 0 Å². The summed E-state index contributed by atoms with van der Waals surface area (Å²) in [5.41, 5.74) is 1.81. The van der Waals surface area contributed by atoms with E-state index in [1.165, 1.54) is 20.0 Å². The lowest BCUT2D eigenvalue weighted by atomic mass is 9.98. The van der Waals surface area contributed by atoms with Gasteiger partial charge < -0.3 is 15.4 Å². The van der Waals surface area contributed by atoms with Gasteiger partial charge in [0.05, 0.1) is 7.11 Å². The summed E-state index contributed by atoms with van der Waals surface area (Å²) < 4.78 is 4.54. The fourth-order valence-electron chi connectivity index (χ4n) is 2.19. The summed E-state index contributed by atoms with van der Waals surface area (Å²) in [6, 6.07) is 7.65. The summed E-state index contributed by atoms with van der Waals surface area (Å²) in [4.78, 5) is 11.0. The van der Waals surface area contributed by atoms with E-state index in [1.54, 1.807) is 0 Å². The highest BCUT2D eigenvalue weighted by molar-refractivity contribution is 5.84. The summed E-state index contributed by atoms with van der Waals surface area (Å²) in [5.74, 6) is 0.745. The standard InChI is InChI=1S/C14H21N3O2/c1-19-14(18)17-13-4-2-12(3-5-13)16-10-11-6-8-15-9-7-11/h2-5,11,15-16H,6-10H2,1H3,(H,17,18). The second-order valence-corrected chi connectivity index (χ2v) is 4.77. The highest BCUT2D eigenvalue weighted by Crippen LogP contribution is 2.16. The molecule has 5 nitrogen and oxygen atoms in total. The number of nitrogens with one attached hydrogen (secondary N) is 3. The van der Waals surface area contributed by atoms with Gasteiger partial charge in [-0.05, 0) is 56.1 Å². The van der Waals surface area contributed by atoms with Crippen molar-refractivity contribution in [3.63, 3.8) is 0 Å².